The number of hydrogen-bond donors (Lipinski definition) is 0. The Morgan fingerprint density at radius 1 is 0.250 bits per heavy atom. The molecule has 0 amide bonds. The molecule has 11 rings (SSSR count). The van der Waals surface area contributed by atoms with Gasteiger partial charge >= 0.3 is 0 Å². The first kappa shape index (κ1) is 32.2. The molecule has 0 saturated heterocycles. The summed E-state index contributed by atoms with van der Waals surface area (Å²) in [5, 5.41) is 0. The molecule has 0 saturated carbocycles. The molecule has 3 nitrogen and oxygen atoms in total. The summed E-state index contributed by atoms with van der Waals surface area (Å²) in [6.07, 6.45) is 0. The van der Waals surface area contributed by atoms with Crippen molar-refractivity contribution in [1.82, 2.24) is 15.0 Å². The molecule has 3 heteroatoms. The Morgan fingerprint density at radius 3 is 1.18 bits per heavy atom. The molecular formula is C53H35N3. The predicted octanol–water partition coefficient (Wildman–Crippen LogP) is 11.9. The molecule has 8 aromatic carbocycles. The van der Waals surface area contributed by atoms with Crippen LogP contribution in [0.4, 0.5) is 0 Å². The maximum atomic E-state index is 5.06. The van der Waals surface area contributed by atoms with E-state index < -0.39 is 10.8 Å². The number of hydrogen-bond acceptors (Lipinski definition) is 3. The van der Waals surface area contributed by atoms with Gasteiger partial charge in [0.05, 0.1) is 10.8 Å². The van der Waals surface area contributed by atoms with Crippen molar-refractivity contribution >= 4 is 0 Å². The van der Waals surface area contributed by atoms with Crippen LogP contribution in [-0.2, 0) is 10.8 Å². The lowest BCUT2D eigenvalue weighted by atomic mass is 9.52. The molecule has 2 aliphatic carbocycles. The molecule has 2 atom stereocenters. The maximum Gasteiger partial charge on any atom is 0.164 e. The standard InChI is InChI=1S/C53H35N3/c1-5-18-36(19-6-1)49-54-50(37-20-7-2-8-21-37)56-51(55-49)38-32-34-41(35-33-38)52(39-22-9-3-10-23-39)45-29-15-16-30-46(45)53(40-24-11-4-12-25-40)44-28-14-13-26-42(44)43-27-17-31-47(52)48(43)53/h1-35H. The lowest BCUT2D eigenvalue weighted by Gasteiger charge is -2.49. The average Bonchev–Trinajstić information content (AvgIpc) is 3.60. The van der Waals surface area contributed by atoms with Gasteiger partial charge in [0.25, 0.3) is 0 Å². The molecule has 0 radical (unpaired) electrons. The van der Waals surface area contributed by atoms with Crippen LogP contribution in [0.3, 0.4) is 0 Å². The van der Waals surface area contributed by atoms with Crippen molar-refractivity contribution in [1.29, 1.82) is 0 Å². The summed E-state index contributed by atoms with van der Waals surface area (Å²) in [5.41, 5.74) is 14.6. The topological polar surface area (TPSA) is 38.7 Å². The minimum Gasteiger partial charge on any atom is -0.208 e. The molecule has 1 aromatic heterocycles. The van der Waals surface area contributed by atoms with E-state index in [4.69, 9.17) is 15.0 Å². The monoisotopic (exact) mass is 713 g/mol. The second-order valence-electron chi connectivity index (χ2n) is 14.7. The van der Waals surface area contributed by atoms with Crippen LogP contribution in [-0.4, -0.2) is 15.0 Å². The molecule has 9 aromatic rings. The van der Waals surface area contributed by atoms with Gasteiger partial charge in [-0.3, -0.25) is 0 Å². The number of fused-ring (bicyclic) bond motifs is 5. The summed E-state index contributed by atoms with van der Waals surface area (Å²) in [7, 11) is 0. The summed E-state index contributed by atoms with van der Waals surface area (Å²) in [6, 6.07) is 76.6. The van der Waals surface area contributed by atoms with E-state index in [1.54, 1.807) is 0 Å². The lowest BCUT2D eigenvalue weighted by molar-refractivity contribution is 0.627. The first-order valence-corrected chi connectivity index (χ1v) is 19.2. The van der Waals surface area contributed by atoms with Gasteiger partial charge in [-0.2, -0.15) is 0 Å². The van der Waals surface area contributed by atoms with Crippen LogP contribution in [0.25, 0.3) is 45.3 Å². The molecule has 56 heavy (non-hydrogen) atoms. The van der Waals surface area contributed by atoms with Gasteiger partial charge in [0.1, 0.15) is 0 Å². The number of rotatable bonds is 6. The highest BCUT2D eigenvalue weighted by Crippen LogP contribution is 2.65. The highest BCUT2D eigenvalue weighted by atomic mass is 15.0. The van der Waals surface area contributed by atoms with Gasteiger partial charge in [0, 0.05) is 16.7 Å². The molecule has 0 bridgehead atoms. The predicted molar refractivity (Wildman–Crippen MR) is 225 cm³/mol. The van der Waals surface area contributed by atoms with Crippen molar-refractivity contribution in [2.24, 2.45) is 0 Å². The van der Waals surface area contributed by atoms with E-state index in [0.717, 1.165) is 16.7 Å². The summed E-state index contributed by atoms with van der Waals surface area (Å²) < 4.78 is 0. The SMILES string of the molecule is c1ccc(-c2nc(-c3ccccc3)nc(-c3ccc(C4(c5ccccc5)c5ccccc5C5(c6ccccc6)c6ccccc6-c6cccc4c65)cc3)n2)cc1. The summed E-state index contributed by atoms with van der Waals surface area (Å²) >= 11 is 0. The van der Waals surface area contributed by atoms with Gasteiger partial charge in [-0.25, -0.2) is 15.0 Å². The van der Waals surface area contributed by atoms with E-state index >= 15 is 0 Å². The Bertz CT molecular complexity index is 2830. The highest BCUT2D eigenvalue weighted by Gasteiger charge is 2.57. The minimum absolute atomic E-state index is 0.481. The maximum absolute atomic E-state index is 5.06. The Hall–Kier alpha value is -7.23. The molecule has 2 aliphatic rings. The van der Waals surface area contributed by atoms with Crippen molar-refractivity contribution in [3.63, 3.8) is 0 Å². The van der Waals surface area contributed by atoms with E-state index in [1.807, 2.05) is 60.7 Å². The van der Waals surface area contributed by atoms with Crippen LogP contribution >= 0.6 is 0 Å². The molecule has 0 spiro atoms. The number of nitrogens with zero attached hydrogens (tertiary/aromatic N) is 3. The third-order valence-corrected chi connectivity index (χ3v) is 11.9. The van der Waals surface area contributed by atoms with Crippen molar-refractivity contribution < 1.29 is 0 Å². The normalized spacial score (nSPS) is 17.4. The second-order valence-corrected chi connectivity index (χ2v) is 14.7. The van der Waals surface area contributed by atoms with Gasteiger partial charge in [0.15, 0.2) is 17.5 Å². The molecule has 0 N–H and O–H groups in total. The fourth-order valence-electron chi connectivity index (χ4n) is 9.66. The van der Waals surface area contributed by atoms with E-state index in [0.29, 0.717) is 17.5 Å². The molecule has 0 aliphatic heterocycles. The van der Waals surface area contributed by atoms with Gasteiger partial charge in [-0.05, 0) is 55.6 Å². The fourth-order valence-corrected chi connectivity index (χ4v) is 9.66. The minimum atomic E-state index is -0.619. The Kier molecular flexibility index (Phi) is 7.30. The average molecular weight is 714 g/mol. The Balaban J connectivity index is 1.18. The van der Waals surface area contributed by atoms with Gasteiger partial charge in [0.2, 0.25) is 0 Å². The zero-order chi connectivity index (χ0) is 37.1. The summed E-state index contributed by atoms with van der Waals surface area (Å²) in [6.45, 7) is 0. The molecule has 2 unspecified atom stereocenters. The fraction of sp³-hybridized carbons (Fsp3) is 0.0377. The summed E-state index contributed by atoms with van der Waals surface area (Å²) in [5.74, 6) is 1.94. The summed E-state index contributed by atoms with van der Waals surface area (Å²) in [4.78, 5) is 15.1. The third-order valence-electron chi connectivity index (χ3n) is 11.9. The van der Waals surface area contributed by atoms with E-state index in [9.17, 15) is 0 Å². The first-order valence-electron chi connectivity index (χ1n) is 19.2. The van der Waals surface area contributed by atoms with Crippen molar-refractivity contribution in [3.05, 3.63) is 257 Å². The first-order chi connectivity index (χ1) is 27.8. The second kappa shape index (κ2) is 12.7. The molecule has 1 heterocycles. The van der Waals surface area contributed by atoms with Crippen LogP contribution in [0.5, 0.6) is 0 Å². The van der Waals surface area contributed by atoms with Crippen molar-refractivity contribution in [2.75, 3.05) is 0 Å². The zero-order valence-corrected chi connectivity index (χ0v) is 30.5. The van der Waals surface area contributed by atoms with Crippen LogP contribution in [0.1, 0.15) is 44.5 Å². The van der Waals surface area contributed by atoms with E-state index in [-0.39, 0.29) is 0 Å². The molecular weight excluding hydrogens is 679 g/mol. The zero-order valence-electron chi connectivity index (χ0n) is 30.5. The largest absolute Gasteiger partial charge is 0.208 e. The Morgan fingerprint density at radius 2 is 0.625 bits per heavy atom. The Labute approximate surface area is 326 Å². The lowest BCUT2D eigenvalue weighted by Crippen LogP contribution is -2.44. The van der Waals surface area contributed by atoms with Gasteiger partial charge < -0.3 is 0 Å². The van der Waals surface area contributed by atoms with E-state index in [2.05, 4.69) is 152 Å². The van der Waals surface area contributed by atoms with E-state index in [1.165, 1.54) is 55.6 Å². The van der Waals surface area contributed by atoms with Crippen LogP contribution in [0.2, 0.25) is 0 Å². The molecule has 262 valence electrons. The van der Waals surface area contributed by atoms with Crippen LogP contribution < -0.4 is 0 Å². The van der Waals surface area contributed by atoms with Crippen LogP contribution in [0.15, 0.2) is 212 Å². The highest BCUT2D eigenvalue weighted by molar-refractivity contribution is 5.91. The van der Waals surface area contributed by atoms with Crippen molar-refractivity contribution in [3.8, 4) is 45.3 Å². The molecule has 0 fully saturated rings. The van der Waals surface area contributed by atoms with Gasteiger partial charge in [-0.1, -0.05) is 212 Å². The number of benzene rings is 8. The number of aromatic nitrogens is 3. The van der Waals surface area contributed by atoms with Crippen LogP contribution in [0, 0.1) is 0 Å². The smallest absolute Gasteiger partial charge is 0.164 e. The quantitative estimate of drug-likeness (QED) is 0.172. The van der Waals surface area contributed by atoms with Crippen molar-refractivity contribution in [2.45, 2.75) is 10.8 Å². The third kappa shape index (κ3) is 4.55. The van der Waals surface area contributed by atoms with Gasteiger partial charge in [-0.15, -0.1) is 0 Å².